The van der Waals surface area contributed by atoms with E-state index in [1.54, 1.807) is 6.07 Å². The average Bonchev–Trinajstić information content (AvgIpc) is 2.50. The summed E-state index contributed by atoms with van der Waals surface area (Å²) in [6.07, 6.45) is 6.12. The van der Waals surface area contributed by atoms with Crippen LogP contribution in [0.4, 0.5) is 10.2 Å². The van der Waals surface area contributed by atoms with Crippen molar-refractivity contribution in [2.45, 2.75) is 26.7 Å². The molecule has 0 spiro atoms. The minimum Gasteiger partial charge on any atom is -0.373 e. The lowest BCUT2D eigenvalue weighted by Crippen LogP contribution is -1.96. The summed E-state index contributed by atoms with van der Waals surface area (Å²) in [5, 5.41) is 3.01. The number of nitrogens with zero attached hydrogens (tertiary/aromatic N) is 1. The molecule has 0 aliphatic heterocycles. The zero-order chi connectivity index (χ0) is 15.2. The highest BCUT2D eigenvalue weighted by atomic mass is 19.1. The average molecular weight is 284 g/mol. The zero-order valence-electron chi connectivity index (χ0n) is 12.8. The van der Waals surface area contributed by atoms with Gasteiger partial charge in [0.1, 0.15) is 11.6 Å². The molecule has 0 radical (unpaired) electrons. The van der Waals surface area contributed by atoms with E-state index >= 15 is 0 Å². The predicted molar refractivity (Wildman–Crippen MR) is 86.9 cm³/mol. The fourth-order valence-electron chi connectivity index (χ4n) is 2.30. The van der Waals surface area contributed by atoms with Crippen molar-refractivity contribution in [2.24, 2.45) is 0 Å². The minimum atomic E-state index is -0.199. The Kier molecular flexibility index (Phi) is 5.09. The van der Waals surface area contributed by atoms with Gasteiger partial charge in [-0.25, -0.2) is 9.37 Å². The first kappa shape index (κ1) is 15.2. The first-order valence-corrected chi connectivity index (χ1v) is 7.26. The molecule has 0 saturated carbocycles. The van der Waals surface area contributed by atoms with Gasteiger partial charge in [-0.2, -0.15) is 0 Å². The number of aryl methyl sites for hydroxylation is 1. The molecule has 3 heteroatoms. The molecule has 110 valence electrons. The first-order chi connectivity index (χ1) is 10.2. The van der Waals surface area contributed by atoms with E-state index in [0.717, 1.165) is 40.9 Å². The Hall–Kier alpha value is -2.16. The molecule has 0 bridgehead atoms. The monoisotopic (exact) mass is 284 g/mol. The van der Waals surface area contributed by atoms with Crippen molar-refractivity contribution < 1.29 is 4.39 Å². The summed E-state index contributed by atoms with van der Waals surface area (Å²) in [6.45, 7) is 4.08. The third-order valence-electron chi connectivity index (χ3n) is 3.45. The summed E-state index contributed by atoms with van der Waals surface area (Å²) in [5.41, 5.74) is 4.17. The number of halogens is 1. The summed E-state index contributed by atoms with van der Waals surface area (Å²) in [4.78, 5) is 4.37. The van der Waals surface area contributed by atoms with Crippen LogP contribution in [0.15, 0.2) is 42.6 Å². The molecule has 2 nitrogen and oxygen atoms in total. The number of aromatic nitrogens is 1. The number of benzene rings is 1. The van der Waals surface area contributed by atoms with Gasteiger partial charge < -0.3 is 5.32 Å². The molecule has 1 N–H and O–H groups in total. The van der Waals surface area contributed by atoms with Gasteiger partial charge in [0.05, 0.1) is 0 Å². The Balaban J connectivity index is 2.47. The molecule has 2 aromatic rings. The van der Waals surface area contributed by atoms with E-state index in [-0.39, 0.29) is 5.82 Å². The zero-order valence-corrected chi connectivity index (χ0v) is 12.8. The van der Waals surface area contributed by atoms with Gasteiger partial charge >= 0.3 is 0 Å². The lowest BCUT2D eigenvalue weighted by Gasteiger charge is -2.12. The van der Waals surface area contributed by atoms with Crippen molar-refractivity contribution in [3.8, 4) is 0 Å². The van der Waals surface area contributed by atoms with Crippen LogP contribution in [0.25, 0.3) is 5.57 Å². The smallest absolute Gasteiger partial charge is 0.125 e. The summed E-state index contributed by atoms with van der Waals surface area (Å²) in [6, 6.07) is 8.93. The number of anilines is 1. The first-order valence-electron chi connectivity index (χ1n) is 7.26. The van der Waals surface area contributed by atoms with Crippen LogP contribution in [0, 0.1) is 12.7 Å². The van der Waals surface area contributed by atoms with Gasteiger partial charge in [-0.3, -0.25) is 0 Å². The SMILES string of the molecule is CCC/C=C(/c1ccc(NC)nc1)c1ccc(F)cc1C. The van der Waals surface area contributed by atoms with Crippen molar-refractivity contribution in [3.05, 3.63) is 65.1 Å². The molecule has 0 unspecified atom stereocenters. The molecular weight excluding hydrogens is 263 g/mol. The third kappa shape index (κ3) is 3.69. The van der Waals surface area contributed by atoms with Crippen LogP contribution in [0.3, 0.4) is 0 Å². The Morgan fingerprint density at radius 3 is 2.67 bits per heavy atom. The number of rotatable bonds is 5. The quantitative estimate of drug-likeness (QED) is 0.853. The molecule has 21 heavy (non-hydrogen) atoms. The highest BCUT2D eigenvalue weighted by molar-refractivity contribution is 5.81. The fraction of sp³-hybridized carbons (Fsp3) is 0.278. The Morgan fingerprint density at radius 1 is 1.29 bits per heavy atom. The number of hydrogen-bond acceptors (Lipinski definition) is 2. The van der Waals surface area contributed by atoms with Crippen LogP contribution in [0.2, 0.25) is 0 Å². The van der Waals surface area contributed by atoms with Crippen LogP contribution >= 0.6 is 0 Å². The highest BCUT2D eigenvalue weighted by Gasteiger charge is 2.09. The van der Waals surface area contributed by atoms with Crippen LogP contribution in [0.5, 0.6) is 0 Å². The molecule has 2 rings (SSSR count). The van der Waals surface area contributed by atoms with E-state index in [1.807, 2.05) is 38.4 Å². The second kappa shape index (κ2) is 7.02. The van der Waals surface area contributed by atoms with Gasteiger partial charge in [0.25, 0.3) is 0 Å². The van der Waals surface area contributed by atoms with Gasteiger partial charge in [-0.15, -0.1) is 0 Å². The number of hydrogen-bond donors (Lipinski definition) is 1. The number of pyridine rings is 1. The number of unbranched alkanes of at least 4 members (excludes halogenated alkanes) is 1. The highest BCUT2D eigenvalue weighted by Crippen LogP contribution is 2.27. The van der Waals surface area contributed by atoms with Crippen LogP contribution in [0.1, 0.15) is 36.5 Å². The maximum absolute atomic E-state index is 13.3. The van der Waals surface area contributed by atoms with E-state index in [2.05, 4.69) is 23.3 Å². The molecule has 1 heterocycles. The summed E-state index contributed by atoms with van der Waals surface area (Å²) in [7, 11) is 1.85. The molecule has 0 atom stereocenters. The molecule has 0 fully saturated rings. The summed E-state index contributed by atoms with van der Waals surface area (Å²) in [5.74, 6) is 0.638. The van der Waals surface area contributed by atoms with Crippen LogP contribution in [-0.2, 0) is 0 Å². The molecular formula is C18H21FN2. The van der Waals surface area contributed by atoms with E-state index in [1.165, 1.54) is 6.07 Å². The standard InChI is InChI=1S/C18H21FN2/c1-4-5-6-17(14-7-10-18(20-3)21-12-14)16-9-8-15(19)11-13(16)2/h6-12H,4-5H2,1-3H3,(H,20,21)/b17-6-. The second-order valence-electron chi connectivity index (χ2n) is 5.05. The molecule has 0 saturated heterocycles. The Bertz CT molecular complexity index is 630. The molecule has 1 aromatic heterocycles. The van der Waals surface area contributed by atoms with Crippen molar-refractivity contribution in [1.29, 1.82) is 0 Å². The Labute approximate surface area is 125 Å². The lowest BCUT2D eigenvalue weighted by atomic mass is 9.94. The Morgan fingerprint density at radius 2 is 2.10 bits per heavy atom. The second-order valence-corrected chi connectivity index (χ2v) is 5.05. The lowest BCUT2D eigenvalue weighted by molar-refractivity contribution is 0.626. The number of allylic oxidation sites excluding steroid dienone is 1. The minimum absolute atomic E-state index is 0.199. The number of nitrogens with one attached hydrogen (secondary N) is 1. The van der Waals surface area contributed by atoms with Gasteiger partial charge in [-0.05, 0) is 54.3 Å². The predicted octanol–water partition coefficient (Wildman–Crippen LogP) is 4.80. The maximum Gasteiger partial charge on any atom is 0.125 e. The van der Waals surface area contributed by atoms with E-state index in [0.29, 0.717) is 0 Å². The fourth-order valence-corrected chi connectivity index (χ4v) is 2.30. The van der Waals surface area contributed by atoms with Crippen molar-refractivity contribution in [3.63, 3.8) is 0 Å². The van der Waals surface area contributed by atoms with Gasteiger partial charge in [0, 0.05) is 18.8 Å². The molecule has 0 amide bonds. The molecule has 0 aliphatic carbocycles. The third-order valence-corrected chi connectivity index (χ3v) is 3.45. The molecule has 1 aromatic carbocycles. The summed E-state index contributed by atoms with van der Waals surface area (Å²) < 4.78 is 13.3. The van der Waals surface area contributed by atoms with E-state index in [9.17, 15) is 4.39 Å². The van der Waals surface area contributed by atoms with Crippen molar-refractivity contribution >= 4 is 11.4 Å². The van der Waals surface area contributed by atoms with Gasteiger partial charge in [0.2, 0.25) is 0 Å². The van der Waals surface area contributed by atoms with Crippen molar-refractivity contribution in [2.75, 3.05) is 12.4 Å². The van der Waals surface area contributed by atoms with Crippen LogP contribution in [-0.4, -0.2) is 12.0 Å². The van der Waals surface area contributed by atoms with E-state index < -0.39 is 0 Å². The largest absolute Gasteiger partial charge is 0.373 e. The van der Waals surface area contributed by atoms with Crippen molar-refractivity contribution in [1.82, 2.24) is 4.98 Å². The van der Waals surface area contributed by atoms with E-state index in [4.69, 9.17) is 0 Å². The topological polar surface area (TPSA) is 24.9 Å². The summed E-state index contributed by atoms with van der Waals surface area (Å²) >= 11 is 0. The van der Waals surface area contributed by atoms with Crippen LogP contribution < -0.4 is 5.32 Å². The molecule has 0 aliphatic rings. The normalized spacial score (nSPS) is 11.5. The van der Waals surface area contributed by atoms with Gasteiger partial charge in [0.15, 0.2) is 0 Å². The maximum atomic E-state index is 13.3. The van der Waals surface area contributed by atoms with Gasteiger partial charge in [-0.1, -0.05) is 25.5 Å².